The summed E-state index contributed by atoms with van der Waals surface area (Å²) in [4.78, 5) is 19.3. The van der Waals surface area contributed by atoms with Gasteiger partial charge in [-0.3, -0.25) is 9.59 Å². The number of allylic oxidation sites excluding steroid dienone is 1. The summed E-state index contributed by atoms with van der Waals surface area (Å²) in [5.41, 5.74) is 0.497. The van der Waals surface area contributed by atoms with E-state index in [4.69, 9.17) is 0 Å². The van der Waals surface area contributed by atoms with Crippen molar-refractivity contribution in [1.82, 2.24) is 5.32 Å². The largest absolute Gasteiger partial charge is 0.335 e. The number of rotatable bonds is 3. The Morgan fingerprint density at radius 1 is 1.50 bits per heavy atom. The van der Waals surface area contributed by atoms with Crippen LogP contribution < -0.4 is 5.32 Å². The van der Waals surface area contributed by atoms with Crippen LogP contribution in [0.1, 0.15) is 6.92 Å². The molecule has 0 heterocycles. The molecule has 0 radical (unpaired) electrons. The third-order valence-corrected chi connectivity index (χ3v) is 0.565. The van der Waals surface area contributed by atoms with Gasteiger partial charge in [-0.1, -0.05) is 0 Å². The Kier molecular flexibility index (Phi) is 3.48. The maximum absolute atomic E-state index is 9.79. The highest BCUT2D eigenvalue weighted by molar-refractivity contribution is 5.72. The van der Waals surface area contributed by atoms with Crippen LogP contribution in [0.2, 0.25) is 0 Å². The Bertz CT molecular complexity index is 118. The molecule has 0 bridgehead atoms. The first kappa shape index (κ1) is 6.88. The van der Waals surface area contributed by atoms with E-state index in [2.05, 4.69) is 5.32 Å². The monoisotopic (exact) mass is 113 g/mol. The fourth-order valence-corrected chi connectivity index (χ4v) is 0.199. The molecule has 0 rings (SSSR count). The van der Waals surface area contributed by atoms with E-state index >= 15 is 0 Å². The Balaban J connectivity index is 3.56. The number of hydrogen-bond donors (Lipinski definition) is 1. The lowest BCUT2D eigenvalue weighted by Gasteiger charge is -1.83. The molecule has 0 aromatic carbocycles. The molecule has 0 aliphatic heterocycles. The van der Waals surface area contributed by atoms with Crippen molar-refractivity contribution in [3.05, 3.63) is 11.8 Å². The van der Waals surface area contributed by atoms with E-state index in [0.717, 1.165) is 0 Å². The van der Waals surface area contributed by atoms with Crippen LogP contribution in [0.25, 0.3) is 0 Å². The van der Waals surface area contributed by atoms with E-state index in [1.54, 1.807) is 6.92 Å². The lowest BCUT2D eigenvalue weighted by atomic mass is 10.4. The number of amides is 1. The first-order valence-corrected chi connectivity index (χ1v) is 2.13. The van der Waals surface area contributed by atoms with Gasteiger partial charge in [0, 0.05) is 11.8 Å². The van der Waals surface area contributed by atoms with E-state index in [9.17, 15) is 9.59 Å². The Hall–Kier alpha value is -1.12. The molecule has 1 amide bonds. The van der Waals surface area contributed by atoms with E-state index < -0.39 is 0 Å². The molecule has 0 fully saturated rings. The number of aldehydes is 1. The molecule has 3 nitrogen and oxygen atoms in total. The molecule has 0 atom stereocenters. The lowest BCUT2D eigenvalue weighted by molar-refractivity contribution is -0.108. The summed E-state index contributed by atoms with van der Waals surface area (Å²) in [6, 6.07) is 0. The number of hydrogen-bond acceptors (Lipinski definition) is 2. The molecule has 0 aliphatic rings. The van der Waals surface area contributed by atoms with Crippen molar-refractivity contribution in [2.45, 2.75) is 6.92 Å². The number of carbonyl (C=O) groups excluding carboxylic acids is 2. The molecule has 1 N–H and O–H groups in total. The summed E-state index contributed by atoms with van der Waals surface area (Å²) in [7, 11) is 0. The van der Waals surface area contributed by atoms with Crippen molar-refractivity contribution in [3.63, 3.8) is 0 Å². The Labute approximate surface area is 47.4 Å². The molecule has 8 heavy (non-hydrogen) atoms. The standard InChI is InChI=1S/C5H7NO2/c1-5(3-7)2-6-4-8/h2-4H,1H3,(H,6,8). The van der Waals surface area contributed by atoms with E-state index in [-0.39, 0.29) is 0 Å². The van der Waals surface area contributed by atoms with Gasteiger partial charge in [-0.25, -0.2) is 0 Å². The zero-order valence-electron chi connectivity index (χ0n) is 4.55. The van der Waals surface area contributed by atoms with Gasteiger partial charge < -0.3 is 5.32 Å². The zero-order valence-corrected chi connectivity index (χ0v) is 4.55. The van der Waals surface area contributed by atoms with Crippen LogP contribution in [0.4, 0.5) is 0 Å². The van der Waals surface area contributed by atoms with Crippen LogP contribution in [0.3, 0.4) is 0 Å². The molecule has 0 aromatic heterocycles. The SMILES string of the molecule is CC(C=O)=CNC=O. The molecular weight excluding hydrogens is 106 g/mol. The summed E-state index contributed by atoms with van der Waals surface area (Å²) in [6.45, 7) is 1.60. The predicted molar refractivity (Wildman–Crippen MR) is 29.0 cm³/mol. The van der Waals surface area contributed by atoms with Gasteiger partial charge in [-0.2, -0.15) is 0 Å². The third-order valence-electron chi connectivity index (χ3n) is 0.565. The molecule has 44 valence electrons. The molecule has 0 aliphatic carbocycles. The topological polar surface area (TPSA) is 46.2 Å². The van der Waals surface area contributed by atoms with Crippen LogP contribution >= 0.6 is 0 Å². The third kappa shape index (κ3) is 3.08. The Morgan fingerprint density at radius 3 is 2.50 bits per heavy atom. The van der Waals surface area contributed by atoms with Gasteiger partial charge in [-0.05, 0) is 6.92 Å². The average molecular weight is 113 g/mol. The summed E-state index contributed by atoms with van der Waals surface area (Å²) in [6.07, 6.45) is 2.50. The predicted octanol–water partition coefficient (Wildman–Crippen LogP) is -0.165. The highest BCUT2D eigenvalue weighted by atomic mass is 16.1. The molecule has 0 aromatic rings. The van der Waals surface area contributed by atoms with Gasteiger partial charge in [0.25, 0.3) is 0 Å². The van der Waals surface area contributed by atoms with Gasteiger partial charge in [0.1, 0.15) is 6.29 Å². The highest BCUT2D eigenvalue weighted by Crippen LogP contribution is 1.78. The minimum Gasteiger partial charge on any atom is -0.335 e. The van der Waals surface area contributed by atoms with Gasteiger partial charge in [0.05, 0.1) is 0 Å². The molecular formula is C5H7NO2. The summed E-state index contributed by atoms with van der Waals surface area (Å²) < 4.78 is 0. The molecule has 0 saturated carbocycles. The minimum atomic E-state index is 0.497. The average Bonchev–Trinajstić information content (AvgIpc) is 1.83. The van der Waals surface area contributed by atoms with Gasteiger partial charge in [0.2, 0.25) is 6.41 Å². The normalized spacial score (nSPS) is 10.4. The zero-order chi connectivity index (χ0) is 6.41. The van der Waals surface area contributed by atoms with Crippen molar-refractivity contribution >= 4 is 12.7 Å². The second-order valence-electron chi connectivity index (χ2n) is 1.29. The fraction of sp³-hybridized carbons (Fsp3) is 0.200. The second-order valence-corrected chi connectivity index (χ2v) is 1.29. The van der Waals surface area contributed by atoms with Crippen LogP contribution in [0.5, 0.6) is 0 Å². The first-order chi connectivity index (χ1) is 3.81. The van der Waals surface area contributed by atoms with Crippen molar-refractivity contribution in [3.8, 4) is 0 Å². The lowest BCUT2D eigenvalue weighted by Crippen LogP contribution is -2.00. The van der Waals surface area contributed by atoms with E-state index in [1.807, 2.05) is 0 Å². The van der Waals surface area contributed by atoms with Crippen molar-refractivity contribution in [1.29, 1.82) is 0 Å². The summed E-state index contributed by atoms with van der Waals surface area (Å²) >= 11 is 0. The van der Waals surface area contributed by atoms with Crippen LogP contribution in [-0.2, 0) is 9.59 Å². The van der Waals surface area contributed by atoms with Crippen molar-refractivity contribution < 1.29 is 9.59 Å². The molecule has 0 saturated heterocycles. The van der Waals surface area contributed by atoms with Crippen LogP contribution in [0.15, 0.2) is 11.8 Å². The Morgan fingerprint density at radius 2 is 2.12 bits per heavy atom. The van der Waals surface area contributed by atoms with Crippen LogP contribution in [-0.4, -0.2) is 12.7 Å². The quantitative estimate of drug-likeness (QED) is 0.408. The van der Waals surface area contributed by atoms with E-state index in [1.165, 1.54) is 6.20 Å². The maximum Gasteiger partial charge on any atom is 0.211 e. The van der Waals surface area contributed by atoms with Crippen molar-refractivity contribution in [2.75, 3.05) is 0 Å². The highest BCUT2D eigenvalue weighted by Gasteiger charge is 1.78. The van der Waals surface area contributed by atoms with Gasteiger partial charge in [-0.15, -0.1) is 0 Å². The van der Waals surface area contributed by atoms with E-state index in [0.29, 0.717) is 18.3 Å². The molecule has 0 unspecified atom stereocenters. The summed E-state index contributed by atoms with van der Waals surface area (Å²) in [5.74, 6) is 0. The first-order valence-electron chi connectivity index (χ1n) is 2.13. The number of nitrogens with one attached hydrogen (secondary N) is 1. The molecule has 3 heteroatoms. The van der Waals surface area contributed by atoms with Gasteiger partial charge in [0.15, 0.2) is 0 Å². The minimum absolute atomic E-state index is 0.497. The van der Waals surface area contributed by atoms with Crippen molar-refractivity contribution in [2.24, 2.45) is 0 Å². The molecule has 0 spiro atoms. The smallest absolute Gasteiger partial charge is 0.211 e. The second kappa shape index (κ2) is 4.05. The maximum atomic E-state index is 9.79. The van der Waals surface area contributed by atoms with Crippen LogP contribution in [0, 0.1) is 0 Å². The van der Waals surface area contributed by atoms with Gasteiger partial charge >= 0.3 is 0 Å². The number of carbonyl (C=O) groups is 2. The summed E-state index contributed by atoms with van der Waals surface area (Å²) in [5, 5.41) is 2.23. The fourth-order valence-electron chi connectivity index (χ4n) is 0.199.